The number of rotatable bonds is 9. The van der Waals surface area contributed by atoms with Gasteiger partial charge in [0.25, 0.3) is 7.82 Å². The summed E-state index contributed by atoms with van der Waals surface area (Å²) in [6, 6.07) is 0. The molecule has 0 saturated carbocycles. The van der Waals surface area contributed by atoms with E-state index in [1.807, 2.05) is 0 Å². The number of aliphatic hydroxyl groups excluding tert-OH is 2. The summed E-state index contributed by atoms with van der Waals surface area (Å²) in [7, 11) is -14.3. The summed E-state index contributed by atoms with van der Waals surface area (Å²) in [4.78, 5) is 48.3. The number of phosphoric acid groups is 2. The summed E-state index contributed by atoms with van der Waals surface area (Å²) < 4.78 is 54.6. The molecule has 1 aromatic rings. The first-order valence-corrected chi connectivity index (χ1v) is 11.5. The van der Waals surface area contributed by atoms with Gasteiger partial charge in [0.15, 0.2) is 17.8 Å². The Morgan fingerprint density at radius 2 is 1.97 bits per heavy atom. The molecule has 0 bridgehead atoms. The van der Waals surface area contributed by atoms with Crippen molar-refractivity contribution in [3.63, 3.8) is 0 Å². The van der Waals surface area contributed by atoms with Gasteiger partial charge in [-0.1, -0.05) is 4.31 Å². The van der Waals surface area contributed by atoms with Crippen LogP contribution in [-0.2, 0) is 31.6 Å². The van der Waals surface area contributed by atoms with Crippen LogP contribution in [-0.4, -0.2) is 51.8 Å². The maximum Gasteiger partial charge on any atom is 0.496 e. The third kappa shape index (κ3) is 6.11. The smallest absolute Gasteiger partial charge is 0.496 e. The van der Waals surface area contributed by atoms with E-state index in [-0.39, 0.29) is 11.6 Å². The first-order chi connectivity index (χ1) is 13.8. The lowest BCUT2D eigenvalue weighted by molar-refractivity contribution is -0.244. The van der Waals surface area contributed by atoms with Gasteiger partial charge in [0.1, 0.15) is 18.3 Å². The molecule has 1 saturated heterocycles. The molecule has 0 amide bonds. The fourth-order valence-electron chi connectivity index (χ4n) is 2.31. The van der Waals surface area contributed by atoms with Crippen LogP contribution in [0.15, 0.2) is 11.0 Å². The maximum atomic E-state index is 12.0. The van der Waals surface area contributed by atoms with E-state index in [0.29, 0.717) is 4.57 Å². The molecule has 4 N–H and O–H groups in total. The van der Waals surface area contributed by atoms with Gasteiger partial charge in [0, 0.05) is 0 Å². The zero-order valence-electron chi connectivity index (χ0n) is 14.7. The quantitative estimate of drug-likeness (QED) is 0.281. The van der Waals surface area contributed by atoms with E-state index < -0.39 is 60.7 Å². The van der Waals surface area contributed by atoms with Gasteiger partial charge < -0.3 is 44.6 Å². The van der Waals surface area contributed by atoms with Crippen LogP contribution in [0.2, 0.25) is 0 Å². The number of anilines is 1. The normalized spacial score (nSPS) is 28.5. The molecule has 1 aliphatic heterocycles. The van der Waals surface area contributed by atoms with E-state index >= 15 is 0 Å². The van der Waals surface area contributed by atoms with E-state index in [9.17, 15) is 43.4 Å². The first kappa shape index (κ1) is 24.9. The number of nitrogens with two attached hydrogens (primary N) is 1. The van der Waals surface area contributed by atoms with E-state index in [0.717, 1.165) is 6.20 Å². The average Bonchev–Trinajstić information content (AvgIpc) is 2.86. The van der Waals surface area contributed by atoms with Crippen molar-refractivity contribution in [2.75, 3.05) is 19.5 Å². The fourth-order valence-corrected chi connectivity index (χ4v) is 4.85. The predicted molar refractivity (Wildman–Crippen MR) is 86.3 cm³/mol. The topological polar surface area (TPSA) is 268 Å². The minimum atomic E-state index is -5.82. The van der Waals surface area contributed by atoms with E-state index in [1.54, 1.807) is 0 Å². The van der Waals surface area contributed by atoms with Crippen LogP contribution in [0.1, 0.15) is 6.23 Å². The van der Waals surface area contributed by atoms with Gasteiger partial charge in [0.05, 0.1) is 19.9 Å². The Morgan fingerprint density at radius 1 is 1.33 bits per heavy atom. The molecule has 170 valence electrons. The van der Waals surface area contributed by atoms with Crippen LogP contribution in [0.25, 0.3) is 0 Å². The number of aliphatic hydroxyl groups is 2. The highest BCUT2D eigenvalue weighted by atomic mass is 31.3. The highest BCUT2D eigenvalue weighted by molar-refractivity contribution is 7.63. The average molecular weight is 493 g/mol. The molecule has 7 atom stereocenters. The Kier molecular flexibility index (Phi) is 7.85. The number of methoxy groups -OCH3 is 1. The molecule has 1 aromatic heterocycles. The molecule has 30 heavy (non-hydrogen) atoms. The van der Waals surface area contributed by atoms with Crippen LogP contribution in [0.5, 0.6) is 5.75 Å². The molecule has 2 rings (SSSR count). The monoisotopic (exact) mass is 493 g/mol. The van der Waals surface area contributed by atoms with Gasteiger partial charge in [-0.2, -0.15) is 4.98 Å². The fraction of sp³-hybridized carbons (Fsp3) is 0.600. The van der Waals surface area contributed by atoms with Crippen LogP contribution < -0.4 is 30.8 Å². The molecule has 1 aliphatic rings. The minimum absolute atomic E-state index is 0.0695. The third-order valence-electron chi connectivity index (χ3n) is 3.54. The second-order valence-electron chi connectivity index (χ2n) is 5.51. The van der Waals surface area contributed by atoms with Crippen LogP contribution in [0.4, 0.5) is 5.82 Å². The maximum absolute atomic E-state index is 12.0. The van der Waals surface area contributed by atoms with Gasteiger partial charge in [-0.25, -0.2) is 9.11 Å². The molecule has 2 heterocycles. The summed E-state index contributed by atoms with van der Waals surface area (Å²) in [6.07, 6.45) is -5.75. The van der Waals surface area contributed by atoms with Crippen molar-refractivity contribution in [2.45, 2.75) is 24.5 Å². The lowest BCUT2D eigenvalue weighted by Gasteiger charge is -2.28. The molecule has 0 radical (unpaired) electrons. The summed E-state index contributed by atoms with van der Waals surface area (Å²) in [5, 5.41) is 20.1. The number of ether oxygens (including phenoxy) is 2. The summed E-state index contributed by atoms with van der Waals surface area (Å²) in [5.41, 5.74) is 4.47. The van der Waals surface area contributed by atoms with Crippen LogP contribution in [0.3, 0.4) is 0 Å². The molecule has 7 unspecified atom stereocenters. The molecule has 1 fully saturated rings. The number of hydrogen-bond donors (Lipinski definition) is 3. The molecule has 0 aliphatic carbocycles. The number of phosphoric ester groups is 1. The summed E-state index contributed by atoms with van der Waals surface area (Å²) >= 11 is 0. The lowest BCUT2D eigenvalue weighted by Crippen LogP contribution is -2.36. The highest BCUT2D eigenvalue weighted by Gasteiger charge is 2.45. The predicted octanol–water partition coefficient (Wildman–Crippen LogP) is -3.54. The van der Waals surface area contributed by atoms with E-state index in [1.165, 1.54) is 7.11 Å². The Labute approximate surface area is 167 Å². The number of aromatic nitrogens is 2. The van der Waals surface area contributed by atoms with Crippen molar-refractivity contribution in [1.29, 1.82) is 0 Å². The minimum Gasteiger partial charge on any atom is -0.756 e. The number of nitrogens with zero attached hydrogens (tertiary/aromatic N) is 2. The first-order valence-electron chi connectivity index (χ1n) is 7.52. The van der Waals surface area contributed by atoms with Crippen molar-refractivity contribution in [3.05, 3.63) is 16.7 Å². The Morgan fingerprint density at radius 3 is 2.53 bits per heavy atom. The molecule has 17 nitrogen and oxygen atoms in total. The Balaban J connectivity index is 2.11. The second-order valence-corrected chi connectivity index (χ2v) is 9.31. The third-order valence-corrected chi connectivity index (χ3v) is 6.94. The zero-order chi connectivity index (χ0) is 22.9. The number of nitrogen functional groups attached to an aromatic ring is 1. The van der Waals surface area contributed by atoms with Gasteiger partial charge >= 0.3 is 21.8 Å². The van der Waals surface area contributed by atoms with Crippen LogP contribution >= 0.6 is 23.9 Å². The van der Waals surface area contributed by atoms with Gasteiger partial charge in [-0.15, -0.1) is 0 Å². The summed E-state index contributed by atoms with van der Waals surface area (Å²) in [5.74, 6) is -0.333. The number of hydrogen-bond acceptors (Lipinski definition) is 16. The van der Waals surface area contributed by atoms with Gasteiger partial charge in [-0.3, -0.25) is 13.7 Å². The van der Waals surface area contributed by atoms with Gasteiger partial charge in [0.2, 0.25) is 0 Å². The summed E-state index contributed by atoms with van der Waals surface area (Å²) in [6.45, 7) is -1.09. The van der Waals surface area contributed by atoms with Crippen molar-refractivity contribution < 1.29 is 61.2 Å². The molecule has 20 heteroatoms. The van der Waals surface area contributed by atoms with Crippen molar-refractivity contribution in [2.24, 2.45) is 0 Å². The highest BCUT2D eigenvalue weighted by Crippen LogP contribution is 2.58. The second kappa shape index (κ2) is 9.44. The molecule has 0 spiro atoms. The lowest BCUT2D eigenvalue weighted by atomic mass is 10.1. The van der Waals surface area contributed by atoms with E-state index in [2.05, 4.69) is 18.1 Å². The standard InChI is InChI=1S/C10H16N3O14P3/c1-23-4-2-13(10(16)12-8(4)11)9-7(15)6(14)5(25-9)3-24-29(19,20)27-30(21,22)26-28(17)18/h2,5-7,9,14-15H,3H2,1H3,(H,19,20)(H,21,22)(H2,11,12,16)/p-2. The Hall–Kier alpha value is -1.32. The SMILES string of the molecule is COc1cn(C2OC(COP(=O)([O-])OP(=O)([O-])O[P+](=O)[O-])C(O)C2O)c(=O)nc1N. The largest absolute Gasteiger partial charge is 0.756 e. The molecular weight excluding hydrogens is 479 g/mol. The van der Waals surface area contributed by atoms with Gasteiger partial charge in [-0.05, 0) is 4.57 Å². The van der Waals surface area contributed by atoms with Crippen molar-refractivity contribution in [1.82, 2.24) is 9.55 Å². The van der Waals surface area contributed by atoms with Crippen LogP contribution in [0, 0.1) is 0 Å². The van der Waals surface area contributed by atoms with E-state index in [4.69, 9.17) is 15.2 Å². The Bertz CT molecular complexity index is 954. The molecule has 0 aromatic carbocycles. The van der Waals surface area contributed by atoms with Crippen molar-refractivity contribution >= 4 is 29.7 Å². The van der Waals surface area contributed by atoms with Crippen molar-refractivity contribution in [3.8, 4) is 5.75 Å². The zero-order valence-corrected chi connectivity index (χ0v) is 17.4. The molecular formula is C10H14N3O14P3-2.